The smallest absolute Gasteiger partial charge is 0.235 e. The summed E-state index contributed by atoms with van der Waals surface area (Å²) >= 11 is 1.69. The molecule has 1 amide bonds. The van der Waals surface area contributed by atoms with E-state index in [1.54, 1.807) is 25.6 Å². The molecule has 4 rings (SSSR count). The van der Waals surface area contributed by atoms with E-state index in [-0.39, 0.29) is 18.5 Å². The fraction of sp³-hybridized carbons (Fsp3) is 0.500. The number of nitrogens with one attached hydrogen (secondary N) is 1. The van der Waals surface area contributed by atoms with Crippen LogP contribution in [0.2, 0.25) is 0 Å². The fourth-order valence-electron chi connectivity index (χ4n) is 4.86. The molecule has 1 aliphatic heterocycles. The van der Waals surface area contributed by atoms with Gasteiger partial charge in [-0.1, -0.05) is 25.3 Å². The molecule has 2 aliphatic rings. The third-order valence-electron chi connectivity index (χ3n) is 6.43. The molecule has 1 saturated carbocycles. The van der Waals surface area contributed by atoms with E-state index in [4.69, 9.17) is 9.47 Å². The summed E-state index contributed by atoms with van der Waals surface area (Å²) in [6.45, 7) is 1.03. The number of carbonyl (C=O) groups is 1. The second kappa shape index (κ2) is 9.29. The van der Waals surface area contributed by atoms with Crippen molar-refractivity contribution in [2.75, 3.05) is 27.3 Å². The Labute approximate surface area is 187 Å². The minimum atomic E-state index is -0.710. The van der Waals surface area contributed by atoms with Crippen molar-refractivity contribution in [2.24, 2.45) is 0 Å². The lowest BCUT2D eigenvalue weighted by Gasteiger charge is -2.38. The van der Waals surface area contributed by atoms with Crippen LogP contribution in [-0.4, -0.2) is 43.7 Å². The summed E-state index contributed by atoms with van der Waals surface area (Å²) in [4.78, 5) is 16.4. The number of rotatable bonds is 6. The van der Waals surface area contributed by atoms with Gasteiger partial charge in [-0.25, -0.2) is 0 Å². The number of amides is 1. The number of hydrogen-bond acceptors (Lipinski definition) is 6. The van der Waals surface area contributed by atoms with Crippen molar-refractivity contribution < 1.29 is 14.3 Å². The van der Waals surface area contributed by atoms with Crippen LogP contribution in [0, 0.1) is 11.3 Å². The van der Waals surface area contributed by atoms with Crippen molar-refractivity contribution in [1.29, 1.82) is 5.26 Å². The van der Waals surface area contributed by atoms with Crippen LogP contribution in [0.5, 0.6) is 11.5 Å². The Kier molecular flexibility index (Phi) is 6.49. The zero-order valence-electron chi connectivity index (χ0n) is 18.1. The summed E-state index contributed by atoms with van der Waals surface area (Å²) in [5.41, 5.74) is 1.65. The van der Waals surface area contributed by atoms with Crippen molar-refractivity contribution in [3.63, 3.8) is 0 Å². The number of carbonyl (C=O) groups excluding carboxylic acids is 1. The molecule has 0 spiro atoms. The molecule has 2 heterocycles. The highest BCUT2D eigenvalue weighted by molar-refractivity contribution is 7.10. The van der Waals surface area contributed by atoms with Crippen LogP contribution >= 0.6 is 11.3 Å². The van der Waals surface area contributed by atoms with Crippen LogP contribution in [0.25, 0.3) is 0 Å². The summed E-state index contributed by atoms with van der Waals surface area (Å²) in [7, 11) is 3.29. The monoisotopic (exact) mass is 439 g/mol. The molecule has 1 aromatic heterocycles. The molecule has 6 nitrogen and oxygen atoms in total. The third-order valence-corrected chi connectivity index (χ3v) is 7.36. The first-order chi connectivity index (χ1) is 15.1. The summed E-state index contributed by atoms with van der Waals surface area (Å²) in [6.07, 6.45) is 5.42. The molecular weight excluding hydrogens is 410 g/mol. The van der Waals surface area contributed by atoms with E-state index in [2.05, 4.69) is 33.8 Å². The van der Waals surface area contributed by atoms with Crippen molar-refractivity contribution in [2.45, 2.75) is 50.1 Å². The van der Waals surface area contributed by atoms with E-state index in [0.717, 1.165) is 56.4 Å². The largest absolute Gasteiger partial charge is 0.493 e. The first-order valence-corrected chi connectivity index (χ1v) is 11.7. The molecule has 0 saturated heterocycles. The highest BCUT2D eigenvalue weighted by Crippen LogP contribution is 2.42. The maximum absolute atomic E-state index is 13.0. The van der Waals surface area contributed by atoms with E-state index in [9.17, 15) is 10.1 Å². The molecule has 1 unspecified atom stereocenters. The van der Waals surface area contributed by atoms with E-state index in [1.807, 2.05) is 12.1 Å². The Morgan fingerprint density at radius 3 is 2.65 bits per heavy atom. The molecule has 2 aromatic rings. The molecule has 1 aliphatic carbocycles. The summed E-state index contributed by atoms with van der Waals surface area (Å²) < 4.78 is 11.1. The molecule has 31 heavy (non-hydrogen) atoms. The van der Waals surface area contributed by atoms with Gasteiger partial charge in [-0.2, -0.15) is 5.26 Å². The van der Waals surface area contributed by atoms with Gasteiger partial charge in [0.15, 0.2) is 11.5 Å². The molecule has 0 bridgehead atoms. The molecule has 0 radical (unpaired) electrons. The van der Waals surface area contributed by atoms with Crippen molar-refractivity contribution in [3.05, 3.63) is 45.6 Å². The number of ether oxygens (including phenoxy) is 2. The first-order valence-electron chi connectivity index (χ1n) is 10.8. The number of thiophene rings is 1. The lowest BCUT2D eigenvalue weighted by molar-refractivity contribution is -0.124. The van der Waals surface area contributed by atoms with Gasteiger partial charge in [0.2, 0.25) is 5.91 Å². The molecular formula is C24H29N3O3S. The number of nitrogens with zero attached hydrogens (tertiary/aromatic N) is 2. The fourth-order valence-corrected chi connectivity index (χ4v) is 5.74. The normalized spacial score (nSPS) is 20.4. The van der Waals surface area contributed by atoms with Crippen LogP contribution in [0.3, 0.4) is 0 Å². The van der Waals surface area contributed by atoms with Gasteiger partial charge in [-0.15, -0.1) is 11.3 Å². The van der Waals surface area contributed by atoms with Gasteiger partial charge < -0.3 is 14.8 Å². The lowest BCUT2D eigenvalue weighted by Crippen LogP contribution is -2.52. The molecule has 1 fully saturated rings. The molecule has 1 N–H and O–H groups in total. The van der Waals surface area contributed by atoms with Crippen molar-refractivity contribution >= 4 is 17.2 Å². The summed E-state index contributed by atoms with van der Waals surface area (Å²) in [5, 5.41) is 14.9. The third kappa shape index (κ3) is 4.41. The van der Waals surface area contributed by atoms with Crippen molar-refractivity contribution in [1.82, 2.24) is 10.2 Å². The number of hydrogen-bond donors (Lipinski definition) is 1. The Morgan fingerprint density at radius 1 is 1.26 bits per heavy atom. The number of nitriles is 1. The zero-order valence-corrected chi connectivity index (χ0v) is 19.0. The molecule has 1 atom stereocenters. The molecule has 164 valence electrons. The van der Waals surface area contributed by atoms with E-state index < -0.39 is 5.54 Å². The van der Waals surface area contributed by atoms with Gasteiger partial charge in [-0.05, 0) is 54.0 Å². The Hall–Kier alpha value is -2.56. The zero-order chi connectivity index (χ0) is 21.8. The standard InChI is InChI=1S/C24H29N3O3S/c1-29-19-13-17-8-11-27(15-22(28)26-24(16-25)9-4-3-5-10-24)23(21-7-6-12-31-21)18(17)14-20(19)30-2/h6-7,12-14,23H,3-5,8-11,15H2,1-2H3,(H,26,28). The van der Waals surface area contributed by atoms with Gasteiger partial charge >= 0.3 is 0 Å². The summed E-state index contributed by atoms with van der Waals surface area (Å²) in [5.74, 6) is 1.35. The minimum absolute atomic E-state index is 0.0290. The SMILES string of the molecule is COc1cc2c(cc1OC)C(c1cccs1)N(CC(=O)NC1(C#N)CCCCC1)CC2. The Bertz CT molecular complexity index is 961. The predicted molar refractivity (Wildman–Crippen MR) is 121 cm³/mol. The average Bonchev–Trinajstić information content (AvgIpc) is 3.33. The van der Waals surface area contributed by atoms with Gasteiger partial charge in [0.25, 0.3) is 0 Å². The predicted octanol–water partition coefficient (Wildman–Crippen LogP) is 4.06. The van der Waals surface area contributed by atoms with Crippen LogP contribution in [0.15, 0.2) is 29.6 Å². The number of methoxy groups -OCH3 is 2. The number of benzene rings is 1. The van der Waals surface area contributed by atoms with Crippen LogP contribution in [0.4, 0.5) is 0 Å². The van der Waals surface area contributed by atoms with Gasteiger partial charge in [0.05, 0.1) is 32.9 Å². The highest BCUT2D eigenvalue weighted by Gasteiger charge is 2.36. The van der Waals surface area contributed by atoms with Crippen LogP contribution in [0.1, 0.15) is 54.1 Å². The first kappa shape index (κ1) is 21.7. The Balaban J connectivity index is 1.61. The van der Waals surface area contributed by atoms with Gasteiger partial charge in [0.1, 0.15) is 5.54 Å². The highest BCUT2D eigenvalue weighted by atomic mass is 32.1. The van der Waals surface area contributed by atoms with Crippen LogP contribution in [-0.2, 0) is 11.2 Å². The quantitative estimate of drug-likeness (QED) is 0.735. The van der Waals surface area contributed by atoms with Crippen LogP contribution < -0.4 is 14.8 Å². The van der Waals surface area contributed by atoms with E-state index in [1.165, 1.54) is 10.4 Å². The molecule has 7 heteroatoms. The van der Waals surface area contributed by atoms with Gasteiger partial charge in [0, 0.05) is 11.4 Å². The summed E-state index contributed by atoms with van der Waals surface area (Å²) in [6, 6.07) is 10.6. The number of fused-ring (bicyclic) bond motifs is 1. The van der Waals surface area contributed by atoms with Crippen molar-refractivity contribution in [3.8, 4) is 17.6 Å². The molecule has 1 aromatic carbocycles. The lowest BCUT2D eigenvalue weighted by atomic mass is 9.83. The maximum Gasteiger partial charge on any atom is 0.235 e. The van der Waals surface area contributed by atoms with Gasteiger partial charge in [-0.3, -0.25) is 9.69 Å². The minimum Gasteiger partial charge on any atom is -0.493 e. The van der Waals surface area contributed by atoms with E-state index >= 15 is 0 Å². The Morgan fingerprint density at radius 2 is 2.00 bits per heavy atom. The van der Waals surface area contributed by atoms with E-state index in [0.29, 0.717) is 5.75 Å². The average molecular weight is 440 g/mol. The second-order valence-electron chi connectivity index (χ2n) is 8.35. The second-order valence-corrected chi connectivity index (χ2v) is 9.33. The maximum atomic E-state index is 13.0. The topological polar surface area (TPSA) is 74.6 Å².